The number of aryl methyl sites for hydroxylation is 1. The van der Waals surface area contributed by atoms with Crippen LogP contribution in [0.25, 0.3) is 0 Å². The average molecular weight is 424 g/mol. The van der Waals surface area contributed by atoms with Crippen LogP contribution in [0.2, 0.25) is 0 Å². The summed E-state index contributed by atoms with van der Waals surface area (Å²) in [6, 6.07) is 15.9. The molecule has 2 atom stereocenters. The van der Waals surface area contributed by atoms with Crippen molar-refractivity contribution >= 4 is 9.84 Å². The van der Waals surface area contributed by atoms with Crippen molar-refractivity contribution in [1.82, 2.24) is 0 Å². The molecule has 0 fully saturated rings. The summed E-state index contributed by atoms with van der Waals surface area (Å²) in [6.07, 6.45) is 0.185. The third kappa shape index (κ3) is 6.64. The summed E-state index contributed by atoms with van der Waals surface area (Å²) in [4.78, 5) is 0.281. The van der Waals surface area contributed by atoms with E-state index in [-0.39, 0.29) is 22.3 Å². The molecule has 1 N–H and O–H groups in total. The van der Waals surface area contributed by atoms with Gasteiger partial charge in [-0.05, 0) is 36.1 Å². The van der Waals surface area contributed by atoms with E-state index in [2.05, 4.69) is 20.0 Å². The fraction of sp³-hybridized carbons (Fsp3) is 0.211. The molecule has 8 heteroatoms. The molecule has 1 aliphatic rings. The Hall–Kier alpha value is -1.90. The van der Waals surface area contributed by atoms with Gasteiger partial charge in [-0.2, -0.15) is 0 Å². The van der Waals surface area contributed by atoms with Gasteiger partial charge in [0.15, 0.2) is 9.84 Å². The maximum atomic E-state index is 12.6. The zero-order valence-corrected chi connectivity index (χ0v) is 16.2. The van der Waals surface area contributed by atoms with Gasteiger partial charge in [0.2, 0.25) is 0 Å². The third-order valence-electron chi connectivity index (χ3n) is 3.89. The van der Waals surface area contributed by atoms with E-state index < -0.39 is 21.2 Å². The van der Waals surface area contributed by atoms with E-state index in [0.29, 0.717) is 12.8 Å². The molecule has 0 heterocycles. The van der Waals surface area contributed by atoms with Crippen molar-refractivity contribution in [3.63, 3.8) is 0 Å². The number of aliphatic hydroxyl groups excluding tert-OH is 1. The normalized spacial score (nSPS) is 16.7. The smallest absolute Gasteiger partial charge is 0 e. The summed E-state index contributed by atoms with van der Waals surface area (Å²) in [7, 11) is -3.50. The minimum absolute atomic E-state index is 0. The molecule has 0 amide bonds. The zero-order valence-electron chi connectivity index (χ0n) is 14.1. The van der Waals surface area contributed by atoms with Crippen LogP contribution < -0.4 is 0 Å². The van der Waals surface area contributed by atoms with Crippen molar-refractivity contribution < 1.29 is 44.8 Å². The monoisotopic (exact) mass is 424 g/mol. The van der Waals surface area contributed by atoms with Crippen LogP contribution in [0.5, 0.6) is 0 Å². The molecule has 0 saturated heterocycles. The summed E-state index contributed by atoms with van der Waals surface area (Å²) in [5.41, 5.74) is 1.78. The molecule has 27 heavy (non-hydrogen) atoms. The van der Waals surface area contributed by atoms with E-state index in [1.165, 1.54) is 0 Å². The van der Waals surface area contributed by atoms with E-state index in [9.17, 15) is 13.5 Å². The van der Waals surface area contributed by atoms with E-state index in [0.717, 1.165) is 11.1 Å². The fourth-order valence-electron chi connectivity index (χ4n) is 2.82. The standard InChI is InChI=1S/C16H16O3S.3CO.Cr/c17-16-14-9-5-4-6-12(14)10-11-15(16)20(18,19)13-7-2-1-3-8-13;3*1-2;/h1-9,15-17H,10-11H2;;;;/t15-,16+;;;;/m1..../s1. The predicted octanol–water partition coefficient (Wildman–Crippen LogP) is 2.39. The van der Waals surface area contributed by atoms with Crippen LogP contribution in [0.3, 0.4) is 0 Å². The van der Waals surface area contributed by atoms with Gasteiger partial charge >= 0.3 is 33.9 Å². The molecule has 0 aromatic heterocycles. The Labute approximate surface area is 169 Å². The van der Waals surface area contributed by atoms with Gasteiger partial charge in [0.1, 0.15) is 0 Å². The second kappa shape index (κ2) is 14.2. The molecule has 0 spiro atoms. The quantitative estimate of drug-likeness (QED) is 0.590. The summed E-state index contributed by atoms with van der Waals surface area (Å²) >= 11 is 0. The van der Waals surface area contributed by atoms with Gasteiger partial charge < -0.3 is 5.11 Å². The van der Waals surface area contributed by atoms with E-state index in [4.69, 9.17) is 14.0 Å². The molecule has 0 unspecified atom stereocenters. The van der Waals surface area contributed by atoms with Crippen LogP contribution in [-0.4, -0.2) is 18.8 Å². The Balaban J connectivity index is 0. The summed E-state index contributed by atoms with van der Waals surface area (Å²) in [5, 5.41) is 9.67. The zero-order chi connectivity index (χ0) is 20.2. The molecular formula is C19H16CrO6S. The Morgan fingerprint density at radius 1 is 0.852 bits per heavy atom. The molecule has 140 valence electrons. The number of fused-ring (bicyclic) bond motifs is 1. The first-order chi connectivity index (χ1) is 12.6. The van der Waals surface area contributed by atoms with Crippen LogP contribution in [0.15, 0.2) is 59.5 Å². The van der Waals surface area contributed by atoms with Crippen molar-refractivity contribution in [3.8, 4) is 0 Å². The number of hydrogen-bond donors (Lipinski definition) is 1. The number of sulfone groups is 1. The molecule has 2 aromatic rings. The van der Waals surface area contributed by atoms with Gasteiger partial charge in [0, 0.05) is 17.4 Å². The van der Waals surface area contributed by atoms with Gasteiger partial charge in [0.05, 0.1) is 16.2 Å². The first-order valence-electron chi connectivity index (χ1n) is 7.27. The molecule has 0 saturated carbocycles. The van der Waals surface area contributed by atoms with Crippen LogP contribution in [0, 0.1) is 20.0 Å². The number of hydrogen-bond acceptors (Lipinski definition) is 3. The molecule has 2 aromatic carbocycles. The van der Waals surface area contributed by atoms with Crippen molar-refractivity contribution in [2.45, 2.75) is 29.1 Å². The number of aliphatic hydroxyl groups is 1. The average Bonchev–Trinajstić information content (AvgIpc) is 2.73. The summed E-state index contributed by atoms with van der Waals surface area (Å²) < 4.78 is 47.8. The molecule has 0 radical (unpaired) electrons. The van der Waals surface area contributed by atoms with Gasteiger partial charge in [-0.25, -0.2) is 8.42 Å². The largest absolute Gasteiger partial charge is 0 e. The van der Waals surface area contributed by atoms with E-state index in [1.54, 1.807) is 30.3 Å². The minimum atomic E-state index is -3.50. The Morgan fingerprint density at radius 2 is 1.33 bits per heavy atom. The van der Waals surface area contributed by atoms with Gasteiger partial charge in [-0.15, -0.1) is 0 Å². The van der Waals surface area contributed by atoms with E-state index in [1.807, 2.05) is 24.3 Å². The van der Waals surface area contributed by atoms with Gasteiger partial charge in [0.25, 0.3) is 0 Å². The molecule has 3 rings (SSSR count). The molecule has 1 aliphatic carbocycles. The maximum absolute atomic E-state index is 12.6. The van der Waals surface area contributed by atoms with Crippen LogP contribution in [-0.2, 0) is 47.6 Å². The second-order valence-electron chi connectivity index (χ2n) is 5.08. The Kier molecular flexibility index (Phi) is 14.4. The molecule has 6 nitrogen and oxygen atoms in total. The first-order valence-corrected chi connectivity index (χ1v) is 8.81. The van der Waals surface area contributed by atoms with Crippen molar-refractivity contribution in [1.29, 1.82) is 0 Å². The van der Waals surface area contributed by atoms with Crippen molar-refractivity contribution in [3.05, 3.63) is 85.7 Å². The van der Waals surface area contributed by atoms with Gasteiger partial charge in [-0.1, -0.05) is 42.5 Å². The second-order valence-corrected chi connectivity index (χ2v) is 7.25. The molecule has 0 aliphatic heterocycles. The predicted molar refractivity (Wildman–Crippen MR) is 88.9 cm³/mol. The Bertz CT molecular complexity index is 829. The molecular weight excluding hydrogens is 408 g/mol. The SMILES string of the molecule is O=S(=O)(c1ccccc1)[C@@H]1CCc2ccccc2[C@@H]1O.[C-]#[O+].[C-]#[O+].[C-]#[O+].[Cr]. The molecule has 0 bridgehead atoms. The fourth-order valence-corrected chi connectivity index (χ4v) is 4.62. The van der Waals surface area contributed by atoms with Crippen molar-refractivity contribution in [2.24, 2.45) is 0 Å². The van der Waals surface area contributed by atoms with Crippen LogP contribution in [0.4, 0.5) is 0 Å². The Morgan fingerprint density at radius 3 is 1.89 bits per heavy atom. The third-order valence-corrected chi connectivity index (χ3v) is 6.11. The summed E-state index contributed by atoms with van der Waals surface area (Å²) in [5.74, 6) is 0. The first kappa shape index (κ1) is 27.3. The van der Waals surface area contributed by atoms with Crippen molar-refractivity contribution in [2.75, 3.05) is 0 Å². The number of rotatable bonds is 2. The minimum Gasteiger partial charge on any atom is 0 e. The van der Waals surface area contributed by atoms with E-state index >= 15 is 0 Å². The topological polar surface area (TPSA) is 114 Å². The van der Waals surface area contributed by atoms with Crippen LogP contribution in [0.1, 0.15) is 23.7 Å². The summed E-state index contributed by atoms with van der Waals surface area (Å²) in [6.45, 7) is 13.5. The maximum Gasteiger partial charge on any atom is 0 e. The van der Waals surface area contributed by atoms with Crippen LogP contribution >= 0.6 is 0 Å². The van der Waals surface area contributed by atoms with Gasteiger partial charge in [-0.3, -0.25) is 0 Å². The number of benzene rings is 2.